The van der Waals surface area contributed by atoms with E-state index in [9.17, 15) is 9.90 Å². The first kappa shape index (κ1) is 17.3. The smallest absolute Gasteiger partial charge is 0.161 e. The molecule has 2 rings (SSSR count). The van der Waals surface area contributed by atoms with Crippen molar-refractivity contribution in [2.24, 2.45) is 0 Å². The third-order valence-electron chi connectivity index (χ3n) is 4.12. The van der Waals surface area contributed by atoms with Gasteiger partial charge in [-0.2, -0.15) is 0 Å². The van der Waals surface area contributed by atoms with Crippen molar-refractivity contribution < 1.29 is 24.3 Å². The van der Waals surface area contributed by atoms with Gasteiger partial charge < -0.3 is 24.3 Å². The van der Waals surface area contributed by atoms with E-state index in [2.05, 4.69) is 0 Å². The van der Waals surface area contributed by atoms with Gasteiger partial charge in [0, 0.05) is 0 Å². The number of hydrogen-bond acceptors (Lipinski definition) is 4. The first-order valence-electron chi connectivity index (χ1n) is 8.22. The van der Waals surface area contributed by atoms with Gasteiger partial charge in [0.1, 0.15) is 13.2 Å². The Morgan fingerprint density at radius 1 is 1.22 bits per heavy atom. The maximum Gasteiger partial charge on any atom is 0.161 e. The molecular weight excluding hydrogens is 294 g/mol. The van der Waals surface area contributed by atoms with Crippen molar-refractivity contribution in [3.05, 3.63) is 29.8 Å². The third kappa shape index (κ3) is 5.94. The van der Waals surface area contributed by atoms with Crippen LogP contribution < -0.4 is 19.5 Å². The molecule has 1 saturated heterocycles. The lowest BCUT2D eigenvalue weighted by Crippen LogP contribution is -3.12. The summed E-state index contributed by atoms with van der Waals surface area (Å²) in [7, 11) is 1.58. The third-order valence-corrected chi connectivity index (χ3v) is 4.12. The molecule has 23 heavy (non-hydrogen) atoms. The van der Waals surface area contributed by atoms with Gasteiger partial charge in [-0.25, -0.2) is 0 Å². The normalized spacial score (nSPS) is 16.2. The summed E-state index contributed by atoms with van der Waals surface area (Å²) in [6.07, 6.45) is 7.77. The molecule has 1 heterocycles. The van der Waals surface area contributed by atoms with Crippen LogP contribution in [0.1, 0.15) is 31.2 Å². The summed E-state index contributed by atoms with van der Waals surface area (Å²) in [5.41, 5.74) is 0.733. The number of nitrogens with one attached hydrogen (secondary N) is 1. The number of carbonyl (C=O) groups excluding carboxylic acids is 1. The van der Waals surface area contributed by atoms with Crippen molar-refractivity contribution in [1.29, 1.82) is 0 Å². The fourth-order valence-electron chi connectivity index (χ4n) is 2.86. The molecule has 1 aliphatic heterocycles. The Morgan fingerprint density at radius 3 is 2.61 bits per heavy atom. The van der Waals surface area contributed by atoms with Gasteiger partial charge in [0.05, 0.1) is 26.2 Å². The van der Waals surface area contributed by atoms with Crippen molar-refractivity contribution in [3.8, 4) is 11.5 Å². The molecular formula is C18H25NO4. The summed E-state index contributed by atoms with van der Waals surface area (Å²) >= 11 is 0. The zero-order valence-corrected chi connectivity index (χ0v) is 13.7. The summed E-state index contributed by atoms with van der Waals surface area (Å²) in [5.74, 6) is 0.0772. The van der Waals surface area contributed by atoms with Gasteiger partial charge in [0.15, 0.2) is 11.5 Å². The molecule has 1 aliphatic rings. The maximum absolute atomic E-state index is 10.5. The number of carboxylic acid groups (broad SMARTS) is 1. The van der Waals surface area contributed by atoms with Gasteiger partial charge in [-0.1, -0.05) is 12.1 Å². The number of hydrogen-bond donors (Lipinski definition) is 1. The van der Waals surface area contributed by atoms with Crippen LogP contribution in [0.2, 0.25) is 0 Å². The molecule has 0 bridgehead atoms. The van der Waals surface area contributed by atoms with E-state index in [1.165, 1.54) is 44.8 Å². The molecule has 0 aromatic heterocycles. The molecule has 1 aromatic rings. The van der Waals surface area contributed by atoms with Crippen LogP contribution in [-0.2, 0) is 4.79 Å². The molecule has 0 atom stereocenters. The minimum absolute atomic E-state index is 0.608. The average Bonchev–Trinajstić information content (AvgIpc) is 2.82. The van der Waals surface area contributed by atoms with Crippen molar-refractivity contribution >= 4 is 12.0 Å². The number of carboxylic acids is 1. The summed E-state index contributed by atoms with van der Waals surface area (Å²) < 4.78 is 11.2. The molecule has 5 nitrogen and oxygen atoms in total. The number of aliphatic carboxylic acids is 1. The Bertz CT molecular complexity index is 534. The summed E-state index contributed by atoms with van der Waals surface area (Å²) in [6, 6.07) is 5.37. The van der Waals surface area contributed by atoms with Crippen LogP contribution in [0.25, 0.3) is 6.08 Å². The van der Waals surface area contributed by atoms with Gasteiger partial charge in [-0.05, 0) is 49.5 Å². The van der Waals surface area contributed by atoms with Crippen molar-refractivity contribution in [2.45, 2.75) is 25.7 Å². The Morgan fingerprint density at radius 2 is 1.96 bits per heavy atom. The second-order valence-corrected chi connectivity index (χ2v) is 5.83. The van der Waals surface area contributed by atoms with Crippen molar-refractivity contribution in [3.63, 3.8) is 0 Å². The lowest BCUT2D eigenvalue weighted by molar-refractivity contribution is -0.899. The van der Waals surface area contributed by atoms with E-state index in [-0.39, 0.29) is 0 Å². The van der Waals surface area contributed by atoms with Gasteiger partial charge in [-0.15, -0.1) is 0 Å². The first-order valence-corrected chi connectivity index (χ1v) is 8.22. The molecule has 5 heteroatoms. The lowest BCUT2D eigenvalue weighted by Gasteiger charge is -2.18. The molecule has 0 aliphatic carbocycles. The molecule has 0 radical (unpaired) electrons. The Labute approximate surface area is 137 Å². The van der Waals surface area contributed by atoms with E-state index < -0.39 is 5.97 Å². The number of quaternary nitrogens is 1. The monoisotopic (exact) mass is 319 g/mol. The average molecular weight is 319 g/mol. The van der Waals surface area contributed by atoms with Crippen LogP contribution in [0.4, 0.5) is 0 Å². The summed E-state index contributed by atoms with van der Waals surface area (Å²) in [4.78, 5) is 12.1. The largest absolute Gasteiger partial charge is 0.545 e. The minimum atomic E-state index is -1.22. The highest BCUT2D eigenvalue weighted by Crippen LogP contribution is 2.28. The quantitative estimate of drug-likeness (QED) is 0.734. The van der Waals surface area contributed by atoms with Gasteiger partial charge in [-0.3, -0.25) is 0 Å². The Hall–Kier alpha value is -2.01. The minimum Gasteiger partial charge on any atom is -0.545 e. The molecule has 1 fully saturated rings. The van der Waals surface area contributed by atoms with E-state index in [1.54, 1.807) is 24.1 Å². The second-order valence-electron chi connectivity index (χ2n) is 5.83. The first-order chi connectivity index (χ1) is 11.2. The fourth-order valence-corrected chi connectivity index (χ4v) is 2.86. The number of ether oxygens (including phenoxy) is 2. The number of methoxy groups -OCH3 is 1. The zero-order valence-electron chi connectivity index (χ0n) is 13.7. The molecule has 0 unspecified atom stereocenters. The molecule has 1 aromatic carbocycles. The summed E-state index contributed by atoms with van der Waals surface area (Å²) in [6.45, 7) is 4.11. The molecule has 0 saturated carbocycles. The van der Waals surface area contributed by atoms with Crippen LogP contribution in [0.5, 0.6) is 11.5 Å². The predicted octanol–water partition coefficient (Wildman–Crippen LogP) is 0.296. The molecule has 0 amide bonds. The van der Waals surface area contributed by atoms with E-state index in [0.717, 1.165) is 18.2 Å². The van der Waals surface area contributed by atoms with Crippen LogP contribution in [-0.4, -0.2) is 39.3 Å². The van der Waals surface area contributed by atoms with Crippen LogP contribution in [0, 0.1) is 0 Å². The van der Waals surface area contributed by atoms with Gasteiger partial charge in [0.25, 0.3) is 0 Å². The van der Waals surface area contributed by atoms with E-state index in [0.29, 0.717) is 18.1 Å². The summed E-state index contributed by atoms with van der Waals surface area (Å²) in [5, 5.41) is 10.5. The Kier molecular flexibility index (Phi) is 6.94. The van der Waals surface area contributed by atoms with E-state index in [1.807, 2.05) is 6.07 Å². The number of carbonyl (C=O) groups is 1. The van der Waals surface area contributed by atoms with Crippen LogP contribution >= 0.6 is 0 Å². The number of benzene rings is 1. The van der Waals surface area contributed by atoms with Crippen LogP contribution in [0.15, 0.2) is 24.3 Å². The number of likely N-dealkylation sites (tertiary alicyclic amines) is 1. The second kappa shape index (κ2) is 9.20. The topological polar surface area (TPSA) is 63.0 Å². The van der Waals surface area contributed by atoms with Crippen molar-refractivity contribution in [1.82, 2.24) is 0 Å². The molecule has 126 valence electrons. The highest BCUT2D eigenvalue weighted by Gasteiger charge is 2.12. The van der Waals surface area contributed by atoms with Gasteiger partial charge >= 0.3 is 0 Å². The van der Waals surface area contributed by atoms with E-state index in [4.69, 9.17) is 9.47 Å². The standard InChI is InChI=1S/C18H25NO4/c1-22-17-14-15(7-9-18(20)21)6-8-16(17)23-13-12-19-10-4-2-3-5-11-19/h6-9,14H,2-5,10-13H2,1H3,(H,20,21)/b9-7+. The molecule has 0 spiro atoms. The van der Waals surface area contributed by atoms with Crippen LogP contribution in [0.3, 0.4) is 0 Å². The zero-order chi connectivity index (χ0) is 16.5. The highest BCUT2D eigenvalue weighted by atomic mass is 16.5. The SMILES string of the molecule is COc1cc(/C=C/C(=O)[O-])ccc1OCC[NH+]1CCCCCC1. The Balaban J connectivity index is 1.89. The molecule has 1 N–H and O–H groups in total. The van der Waals surface area contributed by atoms with Crippen molar-refractivity contribution in [2.75, 3.05) is 33.4 Å². The lowest BCUT2D eigenvalue weighted by atomic mass is 10.2. The highest BCUT2D eigenvalue weighted by molar-refractivity contribution is 5.83. The predicted molar refractivity (Wildman–Crippen MR) is 86.6 cm³/mol. The fraction of sp³-hybridized carbons (Fsp3) is 0.500. The van der Waals surface area contributed by atoms with Gasteiger partial charge in [0.2, 0.25) is 0 Å². The van der Waals surface area contributed by atoms with E-state index >= 15 is 0 Å². The number of rotatable bonds is 7. The maximum atomic E-state index is 10.5.